The lowest BCUT2D eigenvalue weighted by atomic mass is 10.5. The van der Waals surface area contributed by atoms with Gasteiger partial charge in [0.25, 0.3) is 0 Å². The molecule has 0 amide bonds. The topological polar surface area (TPSA) is 42.5 Å². The van der Waals surface area contributed by atoms with E-state index in [1.54, 1.807) is 10.6 Å². The number of nitrogens with zero attached hydrogens (tertiary/aromatic N) is 4. The van der Waals surface area contributed by atoms with Gasteiger partial charge >= 0.3 is 5.69 Å². The lowest BCUT2D eigenvalue weighted by Crippen LogP contribution is -2.27. The minimum Gasteiger partial charge on any atom is -0.308 e. The summed E-state index contributed by atoms with van der Waals surface area (Å²) in [7, 11) is 3.95. The van der Waals surface area contributed by atoms with Crippen LogP contribution in [0.15, 0.2) is 23.1 Å². The molecular weight excluding hydrogens is 319 g/mol. The van der Waals surface area contributed by atoms with E-state index in [4.69, 9.17) is 0 Å². The van der Waals surface area contributed by atoms with Gasteiger partial charge in [-0.15, -0.1) is 5.10 Å². The second-order valence-corrected chi connectivity index (χ2v) is 5.13. The first-order valence-corrected chi connectivity index (χ1v) is 6.05. The first-order chi connectivity index (χ1) is 7.58. The summed E-state index contributed by atoms with van der Waals surface area (Å²) in [5.74, 6) is 0. The van der Waals surface area contributed by atoms with Gasteiger partial charge in [-0.05, 0) is 48.8 Å². The number of halogens is 1. The van der Waals surface area contributed by atoms with E-state index in [1.807, 2.05) is 31.1 Å². The molecule has 86 valence electrons. The van der Waals surface area contributed by atoms with E-state index >= 15 is 0 Å². The predicted octanol–water partition coefficient (Wildman–Crippen LogP) is 0.662. The largest absolute Gasteiger partial charge is 0.350 e. The third-order valence-corrected chi connectivity index (χ3v) is 2.98. The van der Waals surface area contributed by atoms with E-state index in [0.717, 1.165) is 10.1 Å². The molecule has 0 bridgehead atoms. The van der Waals surface area contributed by atoms with Crippen LogP contribution in [-0.2, 0) is 6.54 Å². The minimum atomic E-state index is -0.0757. The number of hydrogen-bond acceptors (Lipinski definition) is 3. The molecule has 0 N–H and O–H groups in total. The fraction of sp³-hybridized carbons (Fsp3) is 0.400. The lowest BCUT2D eigenvalue weighted by molar-refractivity contribution is 0.370. The van der Waals surface area contributed by atoms with Crippen LogP contribution in [0.4, 0.5) is 0 Å². The Morgan fingerprint density at radius 2 is 2.25 bits per heavy atom. The molecule has 0 aromatic carbocycles. The van der Waals surface area contributed by atoms with Crippen molar-refractivity contribution < 1.29 is 0 Å². The molecular formula is C10H13IN4O. The average molecular weight is 332 g/mol. The molecule has 2 rings (SSSR count). The molecule has 0 spiro atoms. The van der Waals surface area contributed by atoms with Crippen molar-refractivity contribution in [3.63, 3.8) is 0 Å². The number of likely N-dealkylation sites (N-methyl/N-ethyl adjacent to an activating group) is 1. The highest BCUT2D eigenvalue weighted by Crippen LogP contribution is 2.05. The summed E-state index contributed by atoms with van der Waals surface area (Å²) in [6, 6.07) is 3.79. The maximum atomic E-state index is 11.9. The Balaban J connectivity index is 2.40. The van der Waals surface area contributed by atoms with Crippen molar-refractivity contribution >= 4 is 28.2 Å². The van der Waals surface area contributed by atoms with E-state index in [0.29, 0.717) is 12.2 Å². The molecule has 2 heterocycles. The van der Waals surface area contributed by atoms with Gasteiger partial charge in [-0.3, -0.25) is 4.40 Å². The van der Waals surface area contributed by atoms with Crippen molar-refractivity contribution in [1.82, 2.24) is 19.1 Å². The summed E-state index contributed by atoms with van der Waals surface area (Å²) in [6.07, 6.45) is 1.76. The van der Waals surface area contributed by atoms with Crippen molar-refractivity contribution in [3.8, 4) is 0 Å². The number of pyridine rings is 1. The number of fused-ring (bicyclic) bond motifs is 1. The molecule has 0 radical (unpaired) electrons. The predicted molar refractivity (Wildman–Crippen MR) is 70.7 cm³/mol. The van der Waals surface area contributed by atoms with E-state index in [2.05, 4.69) is 27.7 Å². The lowest BCUT2D eigenvalue weighted by Gasteiger charge is -2.07. The van der Waals surface area contributed by atoms with Gasteiger partial charge in [0.05, 0.1) is 6.54 Å². The molecule has 0 unspecified atom stereocenters. The van der Waals surface area contributed by atoms with Crippen molar-refractivity contribution in [2.24, 2.45) is 0 Å². The quantitative estimate of drug-likeness (QED) is 0.776. The summed E-state index contributed by atoms with van der Waals surface area (Å²) in [5.41, 5.74) is 0.629. The fourth-order valence-corrected chi connectivity index (χ4v) is 1.87. The molecule has 2 aromatic rings. The Kier molecular flexibility index (Phi) is 3.29. The van der Waals surface area contributed by atoms with Crippen LogP contribution in [0.25, 0.3) is 5.65 Å². The second-order valence-electron chi connectivity index (χ2n) is 3.88. The Bertz CT molecular complexity index is 557. The van der Waals surface area contributed by atoms with Gasteiger partial charge in [0.15, 0.2) is 5.65 Å². The van der Waals surface area contributed by atoms with Crippen LogP contribution in [0.2, 0.25) is 0 Å². The van der Waals surface area contributed by atoms with Gasteiger partial charge in [-0.1, -0.05) is 0 Å². The zero-order valence-corrected chi connectivity index (χ0v) is 11.4. The monoisotopic (exact) mass is 332 g/mol. The molecule has 0 saturated carbocycles. The summed E-state index contributed by atoms with van der Waals surface area (Å²) < 4.78 is 4.15. The van der Waals surface area contributed by atoms with Crippen LogP contribution < -0.4 is 5.69 Å². The Labute approximate surface area is 107 Å². The van der Waals surface area contributed by atoms with Gasteiger partial charge in [0.2, 0.25) is 0 Å². The van der Waals surface area contributed by atoms with Gasteiger partial charge in [-0.25, -0.2) is 9.48 Å². The Morgan fingerprint density at radius 1 is 1.50 bits per heavy atom. The molecule has 16 heavy (non-hydrogen) atoms. The molecule has 6 heteroatoms. The van der Waals surface area contributed by atoms with E-state index < -0.39 is 0 Å². The van der Waals surface area contributed by atoms with E-state index in [9.17, 15) is 4.79 Å². The molecule has 0 aliphatic rings. The standard InChI is InChI=1S/C10H13IN4O/c1-13(2)5-6-15-10(16)14-4-3-8(11)7-9(14)12-15/h3-4,7H,5-6H2,1-2H3. The zero-order valence-electron chi connectivity index (χ0n) is 9.22. The number of aromatic nitrogens is 3. The fourth-order valence-electron chi connectivity index (χ4n) is 1.43. The van der Waals surface area contributed by atoms with E-state index in [1.165, 1.54) is 4.68 Å². The Morgan fingerprint density at radius 3 is 2.94 bits per heavy atom. The first kappa shape index (κ1) is 11.6. The molecule has 5 nitrogen and oxygen atoms in total. The molecule has 2 aromatic heterocycles. The van der Waals surface area contributed by atoms with Crippen LogP contribution >= 0.6 is 22.6 Å². The SMILES string of the molecule is CN(C)CCn1nc2cc(I)ccn2c1=O. The van der Waals surface area contributed by atoms with Gasteiger partial charge in [0.1, 0.15) is 0 Å². The van der Waals surface area contributed by atoms with Crippen molar-refractivity contribution in [2.75, 3.05) is 20.6 Å². The molecule has 0 aliphatic heterocycles. The maximum Gasteiger partial charge on any atom is 0.350 e. The molecule has 0 fully saturated rings. The van der Waals surface area contributed by atoms with Crippen LogP contribution in [0.1, 0.15) is 0 Å². The van der Waals surface area contributed by atoms with Gasteiger partial charge < -0.3 is 4.90 Å². The number of hydrogen-bond donors (Lipinski definition) is 0. The third kappa shape index (κ3) is 2.27. The summed E-state index contributed by atoms with van der Waals surface area (Å²) in [4.78, 5) is 13.9. The zero-order chi connectivity index (χ0) is 11.7. The Hall–Kier alpha value is -0.890. The normalized spacial score (nSPS) is 11.5. The summed E-state index contributed by atoms with van der Waals surface area (Å²) in [6.45, 7) is 1.42. The highest BCUT2D eigenvalue weighted by molar-refractivity contribution is 14.1. The average Bonchev–Trinajstić information content (AvgIpc) is 2.52. The highest BCUT2D eigenvalue weighted by atomic mass is 127. The van der Waals surface area contributed by atoms with Crippen LogP contribution in [0, 0.1) is 3.57 Å². The summed E-state index contributed by atoms with van der Waals surface area (Å²) in [5, 5.41) is 4.28. The highest BCUT2D eigenvalue weighted by Gasteiger charge is 2.06. The van der Waals surface area contributed by atoms with Crippen molar-refractivity contribution in [3.05, 3.63) is 32.4 Å². The van der Waals surface area contributed by atoms with Crippen LogP contribution in [0.3, 0.4) is 0 Å². The van der Waals surface area contributed by atoms with E-state index in [-0.39, 0.29) is 5.69 Å². The van der Waals surface area contributed by atoms with Gasteiger partial charge in [0, 0.05) is 16.3 Å². The molecule has 0 atom stereocenters. The van der Waals surface area contributed by atoms with Crippen LogP contribution in [-0.4, -0.2) is 39.7 Å². The second kappa shape index (κ2) is 4.54. The first-order valence-electron chi connectivity index (χ1n) is 4.97. The van der Waals surface area contributed by atoms with Crippen molar-refractivity contribution in [1.29, 1.82) is 0 Å². The maximum absolute atomic E-state index is 11.9. The smallest absolute Gasteiger partial charge is 0.308 e. The molecule has 0 saturated heterocycles. The summed E-state index contributed by atoms with van der Waals surface area (Å²) >= 11 is 2.21. The van der Waals surface area contributed by atoms with Gasteiger partial charge in [-0.2, -0.15) is 0 Å². The third-order valence-electron chi connectivity index (χ3n) is 2.31. The van der Waals surface area contributed by atoms with Crippen molar-refractivity contribution in [2.45, 2.75) is 6.54 Å². The number of rotatable bonds is 3. The minimum absolute atomic E-state index is 0.0757. The molecule has 0 aliphatic carbocycles. The van der Waals surface area contributed by atoms with Crippen LogP contribution in [0.5, 0.6) is 0 Å².